The van der Waals surface area contributed by atoms with E-state index in [9.17, 15) is 4.79 Å². The van der Waals surface area contributed by atoms with E-state index in [0.29, 0.717) is 22.9 Å². The lowest BCUT2D eigenvalue weighted by atomic mass is 9.78. The van der Waals surface area contributed by atoms with E-state index < -0.39 is 0 Å². The first-order chi connectivity index (χ1) is 15.0. The van der Waals surface area contributed by atoms with Gasteiger partial charge in [0, 0.05) is 23.9 Å². The molecule has 0 radical (unpaired) electrons. The molecule has 3 aromatic rings. The zero-order valence-electron chi connectivity index (χ0n) is 17.9. The molecular weight excluding hydrogens is 390 g/mol. The van der Waals surface area contributed by atoms with Gasteiger partial charge in [0.2, 0.25) is 0 Å². The topological polar surface area (TPSA) is 89.1 Å². The lowest BCUT2D eigenvalue weighted by Crippen LogP contribution is -2.38. The summed E-state index contributed by atoms with van der Waals surface area (Å²) >= 11 is 0. The van der Waals surface area contributed by atoms with Crippen LogP contribution in [0.2, 0.25) is 0 Å². The summed E-state index contributed by atoms with van der Waals surface area (Å²) in [6.07, 6.45) is 14.4. The van der Waals surface area contributed by atoms with Crippen LogP contribution in [0.3, 0.4) is 0 Å². The summed E-state index contributed by atoms with van der Waals surface area (Å²) in [5.74, 6) is 0.926. The Bertz CT molecular complexity index is 1180. The Morgan fingerprint density at radius 1 is 1.32 bits per heavy atom. The molecule has 31 heavy (non-hydrogen) atoms. The van der Waals surface area contributed by atoms with E-state index in [1.54, 1.807) is 29.2 Å². The second kappa shape index (κ2) is 7.77. The first-order valence-electron chi connectivity index (χ1n) is 10.8. The minimum atomic E-state index is -0.245. The number of allylic oxidation sites excluding steroid dienone is 4. The third-order valence-electron chi connectivity index (χ3n) is 6.34. The first-order valence-corrected chi connectivity index (χ1v) is 10.8. The van der Waals surface area contributed by atoms with Crippen molar-refractivity contribution in [1.82, 2.24) is 29.7 Å². The number of piperidine rings is 1. The average Bonchev–Trinajstić information content (AvgIpc) is 3.40. The molecule has 1 amide bonds. The van der Waals surface area contributed by atoms with Crippen molar-refractivity contribution in [1.29, 1.82) is 0 Å². The molecule has 2 N–H and O–H groups in total. The number of carbonyl (C=O) groups excluding carboxylic acids is 1. The standard InChI is InChI=1S/C23H27N7O/c1-16-4-6-17(7-5-16)30-20(14-19(28-30)23(2)8-11-24-12-9-23)27-22(31)18-15-26-29-13-3-10-25-21(18)29/h3-4,6-7,10,13-16,24H,5,8-9,11-12H2,1-2H3,(H,27,31). The summed E-state index contributed by atoms with van der Waals surface area (Å²) in [4.78, 5) is 17.5. The van der Waals surface area contributed by atoms with Crippen molar-refractivity contribution in [3.05, 3.63) is 60.2 Å². The van der Waals surface area contributed by atoms with Crippen molar-refractivity contribution in [2.45, 2.75) is 38.5 Å². The van der Waals surface area contributed by atoms with Crippen LogP contribution in [0.1, 0.15) is 49.2 Å². The fourth-order valence-electron chi connectivity index (χ4n) is 4.24. The van der Waals surface area contributed by atoms with Gasteiger partial charge in [-0.05, 0) is 50.4 Å². The van der Waals surface area contributed by atoms with Crippen molar-refractivity contribution in [2.24, 2.45) is 5.92 Å². The zero-order valence-corrected chi connectivity index (χ0v) is 17.9. The Kier molecular flexibility index (Phi) is 4.94. The summed E-state index contributed by atoms with van der Waals surface area (Å²) in [5, 5.41) is 15.7. The molecule has 1 saturated heterocycles. The maximum Gasteiger partial charge on any atom is 0.262 e. The molecule has 1 unspecified atom stereocenters. The maximum absolute atomic E-state index is 13.1. The van der Waals surface area contributed by atoms with Crippen molar-refractivity contribution < 1.29 is 4.79 Å². The molecule has 0 aromatic carbocycles. The smallest absolute Gasteiger partial charge is 0.262 e. The lowest BCUT2D eigenvalue weighted by Gasteiger charge is -2.32. The highest BCUT2D eigenvalue weighted by Gasteiger charge is 2.33. The van der Waals surface area contributed by atoms with Gasteiger partial charge in [0.25, 0.3) is 5.91 Å². The molecule has 8 heteroatoms. The largest absolute Gasteiger partial charge is 0.317 e. The predicted molar refractivity (Wildman–Crippen MR) is 120 cm³/mol. The summed E-state index contributed by atoms with van der Waals surface area (Å²) in [7, 11) is 0. The number of rotatable bonds is 4. The number of hydrogen-bond donors (Lipinski definition) is 2. The fraction of sp³-hybridized carbons (Fsp3) is 0.391. The number of hydrogen-bond acceptors (Lipinski definition) is 5. The van der Waals surface area contributed by atoms with E-state index in [1.807, 2.05) is 10.7 Å². The van der Waals surface area contributed by atoms with Gasteiger partial charge in [-0.1, -0.05) is 26.0 Å². The highest BCUT2D eigenvalue weighted by molar-refractivity contribution is 6.08. The van der Waals surface area contributed by atoms with Crippen molar-refractivity contribution in [2.75, 3.05) is 18.4 Å². The van der Waals surface area contributed by atoms with E-state index in [4.69, 9.17) is 5.10 Å². The summed E-state index contributed by atoms with van der Waals surface area (Å²) in [5.41, 5.74) is 2.94. The maximum atomic E-state index is 13.1. The van der Waals surface area contributed by atoms with Crippen LogP contribution in [0.15, 0.2) is 49.0 Å². The van der Waals surface area contributed by atoms with Gasteiger partial charge in [-0.15, -0.1) is 0 Å². The van der Waals surface area contributed by atoms with Gasteiger partial charge in [0.05, 0.1) is 17.6 Å². The monoisotopic (exact) mass is 417 g/mol. The summed E-state index contributed by atoms with van der Waals surface area (Å²) in [6, 6.07) is 3.81. The first kappa shape index (κ1) is 19.7. The lowest BCUT2D eigenvalue weighted by molar-refractivity contribution is 0.102. The Labute approximate surface area is 181 Å². The molecule has 1 atom stereocenters. The molecular formula is C23H27N7O. The minimum Gasteiger partial charge on any atom is -0.317 e. The van der Waals surface area contributed by atoms with Crippen LogP contribution < -0.4 is 10.6 Å². The van der Waals surface area contributed by atoms with Crippen molar-refractivity contribution >= 4 is 23.1 Å². The minimum absolute atomic E-state index is 0.0197. The normalized spacial score (nSPS) is 20.6. The van der Waals surface area contributed by atoms with E-state index in [0.717, 1.165) is 43.7 Å². The van der Waals surface area contributed by atoms with E-state index in [2.05, 4.69) is 52.8 Å². The molecule has 0 spiro atoms. The Morgan fingerprint density at radius 2 is 2.16 bits per heavy atom. The van der Waals surface area contributed by atoms with Crippen LogP contribution in [-0.4, -0.2) is 43.4 Å². The van der Waals surface area contributed by atoms with Crippen LogP contribution in [-0.2, 0) is 5.41 Å². The second-order valence-corrected chi connectivity index (χ2v) is 8.74. The third-order valence-corrected chi connectivity index (χ3v) is 6.34. The van der Waals surface area contributed by atoms with Gasteiger partial charge < -0.3 is 10.6 Å². The van der Waals surface area contributed by atoms with Gasteiger partial charge in [-0.25, -0.2) is 14.2 Å². The van der Waals surface area contributed by atoms with E-state index in [-0.39, 0.29) is 11.3 Å². The number of carbonyl (C=O) groups is 1. The van der Waals surface area contributed by atoms with Gasteiger partial charge in [-0.3, -0.25) is 4.79 Å². The van der Waals surface area contributed by atoms with Crippen molar-refractivity contribution in [3.63, 3.8) is 0 Å². The fourth-order valence-corrected chi connectivity index (χ4v) is 4.24. The molecule has 2 aliphatic rings. The number of nitrogens with zero attached hydrogens (tertiary/aromatic N) is 5. The quantitative estimate of drug-likeness (QED) is 0.680. The molecule has 3 aromatic heterocycles. The molecule has 1 aliphatic carbocycles. The van der Waals surface area contributed by atoms with Crippen LogP contribution in [0.5, 0.6) is 0 Å². The number of aromatic nitrogens is 5. The molecule has 0 saturated carbocycles. The summed E-state index contributed by atoms with van der Waals surface area (Å²) in [6.45, 7) is 6.39. The number of anilines is 1. The number of nitrogens with one attached hydrogen (secondary N) is 2. The average molecular weight is 418 g/mol. The molecule has 8 nitrogen and oxygen atoms in total. The Morgan fingerprint density at radius 3 is 2.94 bits per heavy atom. The molecule has 5 rings (SSSR count). The van der Waals surface area contributed by atoms with Gasteiger partial charge in [0.15, 0.2) is 5.65 Å². The molecule has 1 aliphatic heterocycles. The molecule has 1 fully saturated rings. The Balaban J connectivity index is 1.51. The highest BCUT2D eigenvalue weighted by atomic mass is 16.1. The SMILES string of the molecule is CC1C=CC(n2nc(C3(C)CCNCC3)cc2NC(=O)c2cnn3cccnc23)=CC1. The number of fused-ring (bicyclic) bond motifs is 1. The van der Waals surface area contributed by atoms with E-state index in [1.165, 1.54) is 0 Å². The zero-order chi connectivity index (χ0) is 21.4. The Hall–Kier alpha value is -3.26. The highest BCUT2D eigenvalue weighted by Crippen LogP contribution is 2.35. The van der Waals surface area contributed by atoms with Crippen LogP contribution in [0.4, 0.5) is 5.82 Å². The van der Waals surface area contributed by atoms with Gasteiger partial charge in [-0.2, -0.15) is 10.2 Å². The summed E-state index contributed by atoms with van der Waals surface area (Å²) < 4.78 is 3.46. The van der Waals surface area contributed by atoms with Gasteiger partial charge in [0.1, 0.15) is 11.4 Å². The molecule has 160 valence electrons. The van der Waals surface area contributed by atoms with Crippen LogP contribution >= 0.6 is 0 Å². The van der Waals surface area contributed by atoms with Crippen LogP contribution in [0.25, 0.3) is 11.3 Å². The number of amides is 1. The predicted octanol–water partition coefficient (Wildman–Crippen LogP) is 3.26. The van der Waals surface area contributed by atoms with E-state index >= 15 is 0 Å². The molecule has 4 heterocycles. The second-order valence-electron chi connectivity index (χ2n) is 8.74. The third kappa shape index (κ3) is 3.67. The van der Waals surface area contributed by atoms with Crippen LogP contribution in [0, 0.1) is 5.92 Å². The van der Waals surface area contributed by atoms with Crippen molar-refractivity contribution in [3.8, 4) is 0 Å². The van der Waals surface area contributed by atoms with Gasteiger partial charge >= 0.3 is 0 Å². The molecule has 0 bridgehead atoms.